The van der Waals surface area contributed by atoms with Gasteiger partial charge in [0.05, 0.1) is 16.9 Å². The van der Waals surface area contributed by atoms with Crippen LogP contribution in [0.3, 0.4) is 0 Å². The van der Waals surface area contributed by atoms with E-state index in [4.69, 9.17) is 4.74 Å². The molecule has 4 nitrogen and oxygen atoms in total. The first-order valence-corrected chi connectivity index (χ1v) is 7.51. The van der Waals surface area contributed by atoms with E-state index in [0.29, 0.717) is 13.0 Å². The van der Waals surface area contributed by atoms with Crippen LogP contribution in [0.5, 0.6) is 0 Å². The maximum Gasteiger partial charge on any atom is 0.333 e. The average molecular weight is 408 g/mol. The Labute approximate surface area is 135 Å². The Morgan fingerprint density at radius 3 is 2.86 bits per heavy atom. The van der Waals surface area contributed by atoms with Gasteiger partial charge in [0.1, 0.15) is 0 Å². The van der Waals surface area contributed by atoms with E-state index in [-0.39, 0.29) is 15.1 Å². The summed E-state index contributed by atoms with van der Waals surface area (Å²) in [6.45, 7) is 2.30. The summed E-state index contributed by atoms with van der Waals surface area (Å²) in [5.74, 6) is -2.22. The van der Waals surface area contributed by atoms with Gasteiger partial charge in [0, 0.05) is 12.1 Å². The van der Waals surface area contributed by atoms with Crippen LogP contribution in [0.4, 0.5) is 8.78 Å². The van der Waals surface area contributed by atoms with E-state index in [1.807, 2.05) is 0 Å². The van der Waals surface area contributed by atoms with Gasteiger partial charge in [-0.15, -0.1) is 0 Å². The zero-order valence-electron chi connectivity index (χ0n) is 11.7. The summed E-state index contributed by atoms with van der Waals surface area (Å²) in [6, 6.07) is 2.93. The lowest BCUT2D eigenvalue weighted by Gasteiger charge is -2.29. The van der Waals surface area contributed by atoms with Crippen molar-refractivity contribution in [3.63, 3.8) is 0 Å². The van der Waals surface area contributed by atoms with Gasteiger partial charge in [-0.05, 0) is 54.5 Å². The smallest absolute Gasteiger partial charge is 0.333 e. The first-order valence-electron chi connectivity index (χ1n) is 6.43. The predicted molar refractivity (Wildman–Crippen MR) is 83.0 cm³/mol. The molecule has 114 valence electrons. The molecular weight excluding hydrogens is 393 g/mol. The molecule has 1 aliphatic heterocycles. The van der Waals surface area contributed by atoms with Crippen LogP contribution in [-0.2, 0) is 9.53 Å². The number of hydrogen-bond donors (Lipinski definition) is 0. The number of halogens is 3. The number of methoxy groups -OCH3 is 1. The maximum atomic E-state index is 13.8. The van der Waals surface area contributed by atoms with E-state index in [0.717, 1.165) is 6.42 Å². The standard InChI is InChI=1S/C14H15F2IN2O2/c1-14(13(20)21-2)6-3-7-19(14)18-8-9-4-5-10(17)12(16)11(9)15/h4-5,8H,3,6-7H2,1-2H3/t14-/m1/s1. The van der Waals surface area contributed by atoms with Gasteiger partial charge in [-0.1, -0.05) is 0 Å². The van der Waals surface area contributed by atoms with Crippen molar-refractivity contribution in [2.75, 3.05) is 13.7 Å². The second kappa shape index (κ2) is 6.25. The molecule has 1 aromatic rings. The largest absolute Gasteiger partial charge is 0.467 e. The fraction of sp³-hybridized carbons (Fsp3) is 0.429. The second-order valence-electron chi connectivity index (χ2n) is 5.00. The molecule has 1 aliphatic rings. The summed E-state index contributed by atoms with van der Waals surface area (Å²) in [6.07, 6.45) is 2.63. The number of ether oxygens (including phenoxy) is 1. The Kier molecular flexibility index (Phi) is 4.80. The number of benzene rings is 1. The molecule has 1 atom stereocenters. The minimum atomic E-state index is -0.940. The fourth-order valence-electron chi connectivity index (χ4n) is 2.33. The minimum Gasteiger partial charge on any atom is -0.467 e. The molecule has 7 heteroatoms. The van der Waals surface area contributed by atoms with Gasteiger partial charge < -0.3 is 4.74 Å². The van der Waals surface area contributed by atoms with Crippen LogP contribution in [0.2, 0.25) is 0 Å². The first-order chi connectivity index (χ1) is 9.90. The van der Waals surface area contributed by atoms with Crippen molar-refractivity contribution in [2.45, 2.75) is 25.3 Å². The molecule has 0 aromatic heterocycles. The number of esters is 1. The highest BCUT2D eigenvalue weighted by molar-refractivity contribution is 14.1. The van der Waals surface area contributed by atoms with Crippen LogP contribution in [-0.4, -0.2) is 36.4 Å². The average Bonchev–Trinajstić information content (AvgIpc) is 2.85. The Balaban J connectivity index is 2.25. The van der Waals surface area contributed by atoms with Crippen molar-refractivity contribution in [3.05, 3.63) is 32.9 Å². The summed E-state index contributed by atoms with van der Waals surface area (Å²) in [5.41, 5.74) is -0.809. The van der Waals surface area contributed by atoms with Crippen LogP contribution < -0.4 is 0 Å². The topological polar surface area (TPSA) is 41.9 Å². The van der Waals surface area contributed by atoms with Gasteiger partial charge in [-0.3, -0.25) is 5.01 Å². The molecule has 0 radical (unpaired) electrons. The predicted octanol–water partition coefficient (Wildman–Crippen LogP) is 2.93. The van der Waals surface area contributed by atoms with Crippen molar-refractivity contribution >= 4 is 34.8 Å². The summed E-state index contributed by atoms with van der Waals surface area (Å²) < 4.78 is 32.3. The van der Waals surface area contributed by atoms with E-state index in [9.17, 15) is 13.6 Å². The van der Waals surface area contributed by atoms with E-state index < -0.39 is 17.2 Å². The van der Waals surface area contributed by atoms with Crippen LogP contribution in [0.15, 0.2) is 17.2 Å². The maximum absolute atomic E-state index is 13.8. The van der Waals surface area contributed by atoms with Crippen molar-refractivity contribution in [1.29, 1.82) is 0 Å². The lowest BCUT2D eigenvalue weighted by Crippen LogP contribution is -2.45. The molecule has 21 heavy (non-hydrogen) atoms. The minimum absolute atomic E-state index is 0.0482. The molecule has 0 bridgehead atoms. The molecule has 0 amide bonds. The van der Waals surface area contributed by atoms with E-state index in [1.54, 1.807) is 34.5 Å². The third kappa shape index (κ3) is 3.02. The number of rotatable bonds is 3. The van der Waals surface area contributed by atoms with Gasteiger partial charge in [-0.2, -0.15) is 5.10 Å². The van der Waals surface area contributed by atoms with Crippen LogP contribution in [0, 0.1) is 15.2 Å². The van der Waals surface area contributed by atoms with Crippen molar-refractivity contribution in [1.82, 2.24) is 5.01 Å². The molecule has 1 saturated heterocycles. The third-order valence-corrected chi connectivity index (χ3v) is 4.46. The molecule has 0 saturated carbocycles. The van der Waals surface area contributed by atoms with Crippen molar-refractivity contribution in [3.8, 4) is 0 Å². The van der Waals surface area contributed by atoms with Crippen molar-refractivity contribution in [2.24, 2.45) is 5.10 Å². The monoisotopic (exact) mass is 408 g/mol. The van der Waals surface area contributed by atoms with Gasteiger partial charge >= 0.3 is 5.97 Å². The van der Waals surface area contributed by atoms with Gasteiger partial charge in [0.25, 0.3) is 0 Å². The highest BCUT2D eigenvalue weighted by Gasteiger charge is 2.44. The molecule has 0 unspecified atom stereocenters. The Morgan fingerprint density at radius 2 is 2.19 bits per heavy atom. The molecule has 0 N–H and O–H groups in total. The normalized spacial score (nSPS) is 22.0. The molecule has 1 aromatic carbocycles. The summed E-state index contributed by atoms with van der Waals surface area (Å²) >= 11 is 1.72. The van der Waals surface area contributed by atoms with Crippen LogP contribution >= 0.6 is 22.6 Å². The SMILES string of the molecule is COC(=O)[C@@]1(C)CCCN1N=Cc1ccc(I)c(F)c1F. The molecule has 1 heterocycles. The van der Waals surface area contributed by atoms with Crippen LogP contribution in [0.25, 0.3) is 0 Å². The molecule has 0 spiro atoms. The zero-order chi connectivity index (χ0) is 15.6. The highest BCUT2D eigenvalue weighted by Crippen LogP contribution is 2.30. The summed E-state index contributed by atoms with van der Waals surface area (Å²) in [7, 11) is 1.32. The van der Waals surface area contributed by atoms with Gasteiger partial charge in [0.2, 0.25) is 0 Å². The highest BCUT2D eigenvalue weighted by atomic mass is 127. The summed E-state index contributed by atoms with van der Waals surface area (Å²) in [5, 5.41) is 5.71. The van der Waals surface area contributed by atoms with Gasteiger partial charge in [0.15, 0.2) is 17.2 Å². The molecular formula is C14H15F2IN2O2. The number of nitrogens with zero attached hydrogens (tertiary/aromatic N) is 2. The summed E-state index contributed by atoms with van der Waals surface area (Å²) in [4.78, 5) is 11.9. The number of carbonyl (C=O) groups is 1. The Bertz CT molecular complexity index is 595. The first kappa shape index (κ1) is 16.1. The van der Waals surface area contributed by atoms with E-state index in [2.05, 4.69) is 5.10 Å². The quantitative estimate of drug-likeness (QED) is 0.334. The lowest BCUT2D eigenvalue weighted by molar-refractivity contribution is -0.152. The van der Waals surface area contributed by atoms with E-state index in [1.165, 1.54) is 25.5 Å². The van der Waals surface area contributed by atoms with Crippen molar-refractivity contribution < 1.29 is 18.3 Å². The molecule has 0 aliphatic carbocycles. The molecule has 2 rings (SSSR count). The number of carbonyl (C=O) groups excluding carboxylic acids is 1. The third-order valence-electron chi connectivity index (χ3n) is 3.63. The van der Waals surface area contributed by atoms with Gasteiger partial charge in [-0.25, -0.2) is 13.6 Å². The Morgan fingerprint density at radius 1 is 1.48 bits per heavy atom. The van der Waals surface area contributed by atoms with Crippen LogP contribution in [0.1, 0.15) is 25.3 Å². The zero-order valence-corrected chi connectivity index (χ0v) is 13.9. The number of hydrazone groups is 1. The molecule has 1 fully saturated rings. The number of hydrogen-bond acceptors (Lipinski definition) is 4. The Hall–Kier alpha value is -1.25. The fourth-order valence-corrected chi connectivity index (χ4v) is 2.75. The lowest BCUT2D eigenvalue weighted by atomic mass is 10.0. The second-order valence-corrected chi connectivity index (χ2v) is 6.16. The van der Waals surface area contributed by atoms with E-state index >= 15 is 0 Å².